The summed E-state index contributed by atoms with van der Waals surface area (Å²) < 4.78 is 27.0. The molecule has 3 aromatic heterocycles. The lowest BCUT2D eigenvalue weighted by atomic mass is 10.4. The van der Waals surface area contributed by atoms with Gasteiger partial charge in [0, 0.05) is 5.38 Å². The van der Waals surface area contributed by atoms with Crippen LogP contribution in [0, 0.1) is 0 Å². The summed E-state index contributed by atoms with van der Waals surface area (Å²) in [6.07, 6.45) is 2.53. The van der Waals surface area contributed by atoms with E-state index in [9.17, 15) is 8.42 Å². The number of imidazole rings is 1. The molecule has 0 aliphatic heterocycles. The Bertz CT molecular complexity index is 822. The van der Waals surface area contributed by atoms with Gasteiger partial charge in [0.2, 0.25) is 0 Å². The molecule has 0 saturated carbocycles. The molecule has 0 aromatic carbocycles. The van der Waals surface area contributed by atoms with E-state index in [2.05, 4.69) is 19.7 Å². The number of nitrogens with one attached hydrogen (secondary N) is 2. The third-order valence-electron chi connectivity index (χ3n) is 2.31. The Labute approximate surface area is 127 Å². The number of sulfonamides is 1. The molecular formula is C10H7ClN4O2S3. The van der Waals surface area contributed by atoms with Crippen molar-refractivity contribution in [3.05, 3.63) is 34.4 Å². The van der Waals surface area contributed by atoms with E-state index in [0.717, 1.165) is 4.88 Å². The van der Waals surface area contributed by atoms with Gasteiger partial charge in [-0.25, -0.2) is 9.97 Å². The van der Waals surface area contributed by atoms with Crippen LogP contribution in [-0.4, -0.2) is 23.4 Å². The van der Waals surface area contributed by atoms with E-state index in [-0.39, 0.29) is 5.03 Å². The zero-order valence-electron chi connectivity index (χ0n) is 9.70. The molecule has 3 heterocycles. The maximum atomic E-state index is 12.0. The fourth-order valence-corrected chi connectivity index (χ4v) is 4.39. The lowest BCUT2D eigenvalue weighted by molar-refractivity contribution is 0.598. The summed E-state index contributed by atoms with van der Waals surface area (Å²) in [4.78, 5) is 11.3. The second-order valence-electron chi connectivity index (χ2n) is 3.66. The number of thiazole rings is 1. The minimum Gasteiger partial charge on any atom is -0.334 e. The first-order chi connectivity index (χ1) is 9.54. The van der Waals surface area contributed by atoms with Crippen LogP contribution in [0.4, 0.5) is 5.13 Å². The van der Waals surface area contributed by atoms with Crippen molar-refractivity contribution in [2.45, 2.75) is 5.03 Å². The van der Waals surface area contributed by atoms with Crippen LogP contribution >= 0.6 is 34.3 Å². The number of anilines is 1. The predicted molar refractivity (Wildman–Crippen MR) is 79.8 cm³/mol. The Morgan fingerprint density at radius 3 is 2.85 bits per heavy atom. The first-order valence-electron chi connectivity index (χ1n) is 5.27. The highest BCUT2D eigenvalue weighted by Gasteiger charge is 2.18. The third-order valence-corrected chi connectivity index (χ3v) is 5.72. The van der Waals surface area contributed by atoms with Crippen LogP contribution in [0.1, 0.15) is 0 Å². The number of thiophene rings is 1. The molecule has 0 aliphatic carbocycles. The normalized spacial score (nSPS) is 11.7. The van der Waals surface area contributed by atoms with E-state index < -0.39 is 10.0 Å². The molecule has 0 fully saturated rings. The van der Waals surface area contributed by atoms with Crippen molar-refractivity contribution in [1.82, 2.24) is 15.0 Å². The fourth-order valence-electron chi connectivity index (χ4n) is 1.45. The van der Waals surface area contributed by atoms with E-state index in [4.69, 9.17) is 11.6 Å². The van der Waals surface area contributed by atoms with Crippen LogP contribution in [-0.2, 0) is 10.0 Å². The van der Waals surface area contributed by atoms with Gasteiger partial charge in [0.1, 0.15) is 0 Å². The van der Waals surface area contributed by atoms with E-state index in [0.29, 0.717) is 15.2 Å². The minimum absolute atomic E-state index is 0.00609. The molecule has 0 unspecified atom stereocenters. The van der Waals surface area contributed by atoms with Gasteiger partial charge in [-0.05, 0) is 12.1 Å². The fraction of sp³-hybridized carbons (Fsp3) is 0. The quantitative estimate of drug-likeness (QED) is 0.760. The van der Waals surface area contributed by atoms with Crippen LogP contribution in [0.25, 0.3) is 10.6 Å². The van der Waals surface area contributed by atoms with Crippen molar-refractivity contribution in [3.8, 4) is 10.6 Å². The third kappa shape index (κ3) is 2.70. The average Bonchev–Trinajstić information content (AvgIpc) is 3.07. The van der Waals surface area contributed by atoms with Crippen LogP contribution in [0.5, 0.6) is 0 Å². The lowest BCUT2D eigenvalue weighted by Gasteiger charge is -2.01. The second-order valence-corrected chi connectivity index (χ2v) is 7.89. The van der Waals surface area contributed by atoms with Gasteiger partial charge >= 0.3 is 0 Å². The molecule has 3 rings (SSSR count). The first kappa shape index (κ1) is 13.6. The molecule has 0 bridgehead atoms. The number of halogens is 1. The second kappa shape index (κ2) is 5.17. The van der Waals surface area contributed by atoms with Crippen molar-refractivity contribution in [1.29, 1.82) is 0 Å². The highest BCUT2D eigenvalue weighted by Crippen LogP contribution is 2.33. The summed E-state index contributed by atoms with van der Waals surface area (Å²) >= 11 is 8.45. The van der Waals surface area contributed by atoms with Gasteiger partial charge in [0.15, 0.2) is 10.2 Å². The molecule has 0 radical (unpaired) electrons. The Kier molecular flexibility index (Phi) is 3.50. The molecule has 0 atom stereocenters. The molecule has 20 heavy (non-hydrogen) atoms. The molecule has 6 nitrogen and oxygen atoms in total. The van der Waals surface area contributed by atoms with Gasteiger partial charge in [-0.15, -0.1) is 22.7 Å². The van der Waals surface area contributed by atoms with Crippen LogP contribution in [0.3, 0.4) is 0 Å². The van der Waals surface area contributed by atoms with Gasteiger partial charge in [0.25, 0.3) is 10.0 Å². The topological polar surface area (TPSA) is 87.7 Å². The molecule has 0 spiro atoms. The van der Waals surface area contributed by atoms with Crippen LogP contribution < -0.4 is 4.72 Å². The van der Waals surface area contributed by atoms with Crippen LogP contribution in [0.15, 0.2) is 35.1 Å². The van der Waals surface area contributed by atoms with Crippen molar-refractivity contribution >= 4 is 49.4 Å². The van der Waals surface area contributed by atoms with Gasteiger partial charge in [-0.3, -0.25) is 4.72 Å². The SMILES string of the molecule is O=S(=O)(Nc1nc(-c2ccc(Cl)s2)cs1)c1cnc[nH]1. The van der Waals surface area contributed by atoms with E-state index >= 15 is 0 Å². The smallest absolute Gasteiger partial charge is 0.280 e. The molecule has 2 N–H and O–H groups in total. The monoisotopic (exact) mass is 346 g/mol. The average molecular weight is 347 g/mol. The molecule has 0 saturated heterocycles. The number of hydrogen-bond acceptors (Lipinski definition) is 6. The molecule has 104 valence electrons. The molecule has 10 heteroatoms. The highest BCUT2D eigenvalue weighted by atomic mass is 35.5. The number of nitrogens with zero attached hydrogens (tertiary/aromatic N) is 2. The number of H-pyrrole nitrogens is 1. The molecule has 3 aromatic rings. The largest absolute Gasteiger partial charge is 0.334 e. The first-order valence-corrected chi connectivity index (χ1v) is 8.83. The van der Waals surface area contributed by atoms with Crippen molar-refractivity contribution in [2.24, 2.45) is 0 Å². The zero-order valence-corrected chi connectivity index (χ0v) is 12.9. The molecule has 0 aliphatic rings. The molecule has 0 amide bonds. The van der Waals surface area contributed by atoms with Gasteiger partial charge in [-0.2, -0.15) is 8.42 Å². The minimum atomic E-state index is -3.68. The van der Waals surface area contributed by atoms with Crippen molar-refractivity contribution in [3.63, 3.8) is 0 Å². The van der Waals surface area contributed by atoms with E-state index in [1.54, 1.807) is 11.4 Å². The maximum Gasteiger partial charge on any atom is 0.280 e. The predicted octanol–water partition coefficient (Wildman–Crippen LogP) is 3.05. The Hall–Kier alpha value is -1.42. The van der Waals surface area contributed by atoms with E-state index in [1.165, 1.54) is 35.2 Å². The summed E-state index contributed by atoms with van der Waals surface area (Å²) in [5.74, 6) is 0. The molecular weight excluding hydrogens is 340 g/mol. The summed E-state index contributed by atoms with van der Waals surface area (Å²) in [6, 6.07) is 3.62. The van der Waals surface area contributed by atoms with Gasteiger partial charge < -0.3 is 4.98 Å². The van der Waals surface area contributed by atoms with Gasteiger partial charge in [0.05, 0.1) is 27.4 Å². The lowest BCUT2D eigenvalue weighted by Crippen LogP contribution is -2.13. The standard InChI is InChI=1S/C10H7ClN4O2S3/c11-8-2-1-7(19-8)6-4-18-10(14-6)15-20(16,17)9-3-12-5-13-9/h1-5H,(H,12,13)(H,14,15). The summed E-state index contributed by atoms with van der Waals surface area (Å²) in [6.45, 7) is 0. The van der Waals surface area contributed by atoms with E-state index in [1.807, 2.05) is 6.07 Å². The number of hydrogen-bond donors (Lipinski definition) is 2. The zero-order chi connectivity index (χ0) is 14.2. The Balaban J connectivity index is 1.85. The number of rotatable bonds is 4. The highest BCUT2D eigenvalue weighted by molar-refractivity contribution is 7.92. The van der Waals surface area contributed by atoms with Crippen LogP contribution in [0.2, 0.25) is 4.34 Å². The van der Waals surface area contributed by atoms with Crippen molar-refractivity contribution in [2.75, 3.05) is 4.72 Å². The summed E-state index contributed by atoms with van der Waals surface area (Å²) in [7, 11) is -3.68. The summed E-state index contributed by atoms with van der Waals surface area (Å²) in [5.41, 5.74) is 0.689. The number of aromatic nitrogens is 3. The summed E-state index contributed by atoms with van der Waals surface area (Å²) in [5, 5.41) is 2.06. The maximum absolute atomic E-state index is 12.0. The Morgan fingerprint density at radius 2 is 2.20 bits per heavy atom. The Morgan fingerprint density at radius 1 is 1.35 bits per heavy atom. The van der Waals surface area contributed by atoms with Gasteiger partial charge in [-0.1, -0.05) is 11.6 Å². The number of aromatic amines is 1. The van der Waals surface area contributed by atoms with Crippen molar-refractivity contribution < 1.29 is 8.42 Å².